The number of nitrogens with two attached hydrogens (primary N) is 1. The largest absolute Gasteiger partial charge is 0.398 e. The van der Waals surface area contributed by atoms with Gasteiger partial charge < -0.3 is 5.73 Å². The smallest absolute Gasteiger partial charge is 0.0470 e. The molecule has 2 N–H and O–H groups in total. The Balaban J connectivity index is 2.18. The molecule has 0 atom stereocenters. The van der Waals surface area contributed by atoms with Crippen molar-refractivity contribution in [2.75, 3.05) is 5.73 Å². The van der Waals surface area contributed by atoms with Gasteiger partial charge in [0.1, 0.15) is 0 Å². The van der Waals surface area contributed by atoms with Gasteiger partial charge in [-0.2, -0.15) is 0 Å². The van der Waals surface area contributed by atoms with Gasteiger partial charge in [0.05, 0.1) is 0 Å². The van der Waals surface area contributed by atoms with E-state index in [1.807, 2.05) is 12.1 Å². The van der Waals surface area contributed by atoms with Gasteiger partial charge in [-0.15, -0.1) is 0 Å². The van der Waals surface area contributed by atoms with Crippen LogP contribution in [0.25, 0.3) is 0 Å². The highest BCUT2D eigenvalue weighted by Gasteiger charge is 2.04. The standard InChI is InChI=1S/C15H16ClNS/c1-10(2)11-3-6-13(7-4-11)18-15-8-5-12(16)9-14(15)17/h3-10H,17H2,1-2H3. The molecule has 0 saturated heterocycles. The lowest BCUT2D eigenvalue weighted by molar-refractivity contribution is 0.865. The first-order chi connectivity index (χ1) is 8.56. The molecule has 0 heterocycles. The van der Waals surface area contributed by atoms with Gasteiger partial charge in [0, 0.05) is 20.5 Å². The molecule has 0 fully saturated rings. The Bertz CT molecular complexity index is 535. The summed E-state index contributed by atoms with van der Waals surface area (Å²) in [6, 6.07) is 14.2. The summed E-state index contributed by atoms with van der Waals surface area (Å²) in [5.74, 6) is 0.560. The molecule has 0 saturated carbocycles. The lowest BCUT2D eigenvalue weighted by Crippen LogP contribution is -1.89. The van der Waals surface area contributed by atoms with Crippen LogP contribution in [-0.4, -0.2) is 0 Å². The Morgan fingerprint density at radius 1 is 1.06 bits per heavy atom. The fourth-order valence-corrected chi connectivity index (χ4v) is 2.68. The first-order valence-corrected chi connectivity index (χ1v) is 7.08. The molecule has 2 rings (SSSR count). The average Bonchev–Trinajstić information content (AvgIpc) is 2.33. The van der Waals surface area contributed by atoms with Crippen molar-refractivity contribution in [3.05, 3.63) is 53.1 Å². The summed E-state index contributed by atoms with van der Waals surface area (Å²) in [7, 11) is 0. The van der Waals surface area contributed by atoms with Gasteiger partial charge in [0.25, 0.3) is 0 Å². The third-order valence-corrected chi connectivity index (χ3v) is 4.08. The summed E-state index contributed by atoms with van der Waals surface area (Å²) in [5, 5.41) is 0.673. The molecule has 0 amide bonds. The van der Waals surface area contributed by atoms with E-state index < -0.39 is 0 Å². The molecule has 3 heteroatoms. The second-order valence-electron chi connectivity index (χ2n) is 4.51. The molecule has 0 aliphatic heterocycles. The number of hydrogen-bond acceptors (Lipinski definition) is 2. The molecule has 0 radical (unpaired) electrons. The van der Waals surface area contributed by atoms with Crippen LogP contribution in [0.15, 0.2) is 52.3 Å². The van der Waals surface area contributed by atoms with Crippen molar-refractivity contribution in [2.24, 2.45) is 0 Å². The summed E-state index contributed by atoms with van der Waals surface area (Å²) < 4.78 is 0. The van der Waals surface area contributed by atoms with Crippen LogP contribution < -0.4 is 5.73 Å². The third kappa shape index (κ3) is 3.21. The monoisotopic (exact) mass is 277 g/mol. The molecule has 0 unspecified atom stereocenters. The first-order valence-electron chi connectivity index (χ1n) is 5.89. The van der Waals surface area contributed by atoms with Gasteiger partial charge in [-0.25, -0.2) is 0 Å². The van der Waals surface area contributed by atoms with E-state index in [0.29, 0.717) is 10.9 Å². The van der Waals surface area contributed by atoms with Crippen molar-refractivity contribution in [2.45, 2.75) is 29.6 Å². The number of rotatable bonds is 3. The van der Waals surface area contributed by atoms with Crippen LogP contribution in [0.1, 0.15) is 25.3 Å². The summed E-state index contributed by atoms with van der Waals surface area (Å²) in [6.07, 6.45) is 0. The summed E-state index contributed by atoms with van der Waals surface area (Å²) >= 11 is 7.55. The molecule has 0 spiro atoms. The topological polar surface area (TPSA) is 26.0 Å². The van der Waals surface area contributed by atoms with E-state index in [4.69, 9.17) is 17.3 Å². The highest BCUT2D eigenvalue weighted by atomic mass is 35.5. The minimum Gasteiger partial charge on any atom is -0.398 e. The quantitative estimate of drug-likeness (QED) is 0.781. The Morgan fingerprint density at radius 3 is 2.28 bits per heavy atom. The molecule has 0 aromatic heterocycles. The van der Waals surface area contributed by atoms with Crippen molar-refractivity contribution >= 4 is 29.1 Å². The highest BCUT2D eigenvalue weighted by Crippen LogP contribution is 2.33. The number of benzene rings is 2. The summed E-state index contributed by atoms with van der Waals surface area (Å²) in [5.41, 5.74) is 8.02. The van der Waals surface area contributed by atoms with Crippen molar-refractivity contribution < 1.29 is 0 Å². The second-order valence-corrected chi connectivity index (χ2v) is 6.06. The zero-order valence-electron chi connectivity index (χ0n) is 10.5. The van der Waals surface area contributed by atoms with Crippen LogP contribution in [0, 0.1) is 0 Å². The molecule has 2 aromatic carbocycles. The normalized spacial score (nSPS) is 10.9. The number of halogens is 1. The van der Waals surface area contributed by atoms with Crippen LogP contribution in [0.5, 0.6) is 0 Å². The summed E-state index contributed by atoms with van der Waals surface area (Å²) in [6.45, 7) is 4.39. The molecule has 1 nitrogen and oxygen atoms in total. The van der Waals surface area contributed by atoms with Crippen LogP contribution in [0.3, 0.4) is 0 Å². The van der Waals surface area contributed by atoms with Gasteiger partial charge in [-0.05, 0) is 41.8 Å². The van der Waals surface area contributed by atoms with Crippen molar-refractivity contribution in [3.63, 3.8) is 0 Å². The number of anilines is 1. The second kappa shape index (κ2) is 5.68. The minimum atomic E-state index is 0.560. The SMILES string of the molecule is CC(C)c1ccc(Sc2ccc(Cl)cc2N)cc1. The molecular weight excluding hydrogens is 262 g/mol. The van der Waals surface area contributed by atoms with Crippen LogP contribution in [0.2, 0.25) is 5.02 Å². The van der Waals surface area contributed by atoms with Crippen LogP contribution in [-0.2, 0) is 0 Å². The van der Waals surface area contributed by atoms with E-state index in [9.17, 15) is 0 Å². The van der Waals surface area contributed by atoms with Gasteiger partial charge in [0.2, 0.25) is 0 Å². The number of nitrogen functional groups attached to an aromatic ring is 1. The minimum absolute atomic E-state index is 0.560. The van der Waals surface area contributed by atoms with E-state index >= 15 is 0 Å². The number of hydrogen-bond donors (Lipinski definition) is 1. The Kier molecular flexibility index (Phi) is 4.20. The van der Waals surface area contributed by atoms with Gasteiger partial charge >= 0.3 is 0 Å². The Labute approximate surface area is 117 Å². The zero-order chi connectivity index (χ0) is 13.1. The van der Waals surface area contributed by atoms with E-state index in [1.165, 1.54) is 10.5 Å². The molecule has 2 aromatic rings. The highest BCUT2D eigenvalue weighted by molar-refractivity contribution is 7.99. The maximum Gasteiger partial charge on any atom is 0.0470 e. The molecular formula is C15H16ClNS. The van der Waals surface area contributed by atoms with E-state index in [2.05, 4.69) is 38.1 Å². The van der Waals surface area contributed by atoms with Crippen LogP contribution >= 0.6 is 23.4 Å². The molecule has 18 heavy (non-hydrogen) atoms. The fraction of sp³-hybridized carbons (Fsp3) is 0.200. The summed E-state index contributed by atoms with van der Waals surface area (Å²) in [4.78, 5) is 2.23. The lowest BCUT2D eigenvalue weighted by Gasteiger charge is -2.08. The average molecular weight is 278 g/mol. The van der Waals surface area contributed by atoms with Crippen LogP contribution in [0.4, 0.5) is 5.69 Å². The van der Waals surface area contributed by atoms with Crippen molar-refractivity contribution in [1.82, 2.24) is 0 Å². The molecule has 0 aliphatic rings. The molecule has 94 valence electrons. The van der Waals surface area contributed by atoms with E-state index in [-0.39, 0.29) is 0 Å². The Hall–Kier alpha value is -1.12. The van der Waals surface area contributed by atoms with E-state index in [0.717, 1.165) is 10.6 Å². The third-order valence-electron chi connectivity index (χ3n) is 2.75. The van der Waals surface area contributed by atoms with Gasteiger partial charge in [-0.1, -0.05) is 49.3 Å². The fourth-order valence-electron chi connectivity index (χ4n) is 1.66. The first kappa shape index (κ1) is 13.3. The van der Waals surface area contributed by atoms with Crippen molar-refractivity contribution in [1.29, 1.82) is 0 Å². The van der Waals surface area contributed by atoms with Gasteiger partial charge in [-0.3, -0.25) is 0 Å². The zero-order valence-corrected chi connectivity index (χ0v) is 12.1. The molecule has 0 bridgehead atoms. The van der Waals surface area contributed by atoms with Gasteiger partial charge in [0.15, 0.2) is 0 Å². The lowest BCUT2D eigenvalue weighted by atomic mass is 10.0. The maximum absolute atomic E-state index is 5.94. The predicted octanol–water partition coefficient (Wildman–Crippen LogP) is 5.20. The predicted molar refractivity (Wildman–Crippen MR) is 80.5 cm³/mol. The van der Waals surface area contributed by atoms with Crippen molar-refractivity contribution in [3.8, 4) is 0 Å². The maximum atomic E-state index is 5.94. The molecule has 0 aliphatic carbocycles. The Morgan fingerprint density at radius 2 is 1.72 bits per heavy atom. The van der Waals surface area contributed by atoms with E-state index in [1.54, 1.807) is 17.8 Å².